The number of aromatic nitrogens is 2. The normalized spacial score (nSPS) is 25.2. The monoisotopic (exact) mass is 273 g/mol. The summed E-state index contributed by atoms with van der Waals surface area (Å²) >= 11 is 7.70. The molecule has 0 aliphatic heterocycles. The molecule has 3 nitrogen and oxygen atoms in total. The lowest BCUT2D eigenvalue weighted by molar-refractivity contribution is 0.554. The Bertz CT molecular complexity index is 372. The highest BCUT2D eigenvalue weighted by molar-refractivity contribution is 7.09. The summed E-state index contributed by atoms with van der Waals surface area (Å²) in [5, 5.41) is 4.62. The third-order valence-corrected chi connectivity index (χ3v) is 4.43. The van der Waals surface area contributed by atoms with E-state index in [1.807, 2.05) is 0 Å². The van der Waals surface area contributed by atoms with Crippen molar-refractivity contribution in [3.8, 4) is 0 Å². The van der Waals surface area contributed by atoms with Crippen molar-refractivity contribution in [1.29, 1.82) is 0 Å². The topological polar surface area (TPSA) is 37.8 Å². The molecule has 1 N–H and O–H groups in total. The van der Waals surface area contributed by atoms with Crippen LogP contribution in [0.3, 0.4) is 0 Å². The molecule has 2 rings (SSSR count). The van der Waals surface area contributed by atoms with Crippen LogP contribution in [0.15, 0.2) is 0 Å². The Morgan fingerprint density at radius 3 is 2.71 bits per heavy atom. The Balaban J connectivity index is 1.89. The molecule has 2 unspecified atom stereocenters. The molecule has 1 aromatic heterocycles. The molecule has 1 aliphatic rings. The molecule has 1 aliphatic carbocycles. The molecule has 0 aromatic carbocycles. The van der Waals surface area contributed by atoms with E-state index < -0.39 is 0 Å². The molecule has 0 bridgehead atoms. The maximum Gasteiger partial charge on any atom is 0.202 e. The van der Waals surface area contributed by atoms with Crippen LogP contribution in [-0.2, 0) is 5.41 Å². The Hall–Kier alpha value is -0.350. The van der Waals surface area contributed by atoms with E-state index in [1.165, 1.54) is 24.4 Å². The van der Waals surface area contributed by atoms with E-state index in [0.29, 0.717) is 11.3 Å². The van der Waals surface area contributed by atoms with Gasteiger partial charge >= 0.3 is 0 Å². The molecule has 96 valence electrons. The number of alkyl halides is 1. The van der Waals surface area contributed by atoms with Crippen LogP contribution >= 0.6 is 23.1 Å². The highest BCUT2D eigenvalue weighted by Gasteiger charge is 2.25. The number of nitrogens with zero attached hydrogens (tertiary/aromatic N) is 2. The van der Waals surface area contributed by atoms with Gasteiger partial charge in [-0.25, -0.2) is 4.98 Å². The van der Waals surface area contributed by atoms with Crippen molar-refractivity contribution in [2.24, 2.45) is 5.92 Å². The largest absolute Gasteiger partial charge is 0.360 e. The van der Waals surface area contributed by atoms with E-state index in [-0.39, 0.29) is 5.41 Å². The fourth-order valence-corrected chi connectivity index (χ4v) is 3.17. The van der Waals surface area contributed by atoms with Gasteiger partial charge in [0.25, 0.3) is 0 Å². The van der Waals surface area contributed by atoms with Gasteiger partial charge in [0, 0.05) is 28.9 Å². The van der Waals surface area contributed by atoms with Crippen LogP contribution in [0.4, 0.5) is 5.13 Å². The maximum absolute atomic E-state index is 6.25. The van der Waals surface area contributed by atoms with Crippen molar-refractivity contribution in [3.63, 3.8) is 0 Å². The average Bonchev–Trinajstić information content (AvgIpc) is 2.82. The predicted octanol–water partition coefficient (Wildman–Crippen LogP) is 3.66. The number of hydrogen-bond acceptors (Lipinski definition) is 4. The Kier molecular flexibility index (Phi) is 3.93. The van der Waals surface area contributed by atoms with E-state index in [0.717, 1.165) is 23.9 Å². The first-order valence-electron chi connectivity index (χ1n) is 6.19. The molecular formula is C12H20ClN3S. The molecule has 1 aromatic rings. The molecule has 17 heavy (non-hydrogen) atoms. The lowest BCUT2D eigenvalue weighted by atomic mass is 9.96. The van der Waals surface area contributed by atoms with E-state index in [1.54, 1.807) is 0 Å². The second-order valence-corrected chi connectivity index (χ2v) is 7.07. The van der Waals surface area contributed by atoms with Crippen LogP contribution in [0.2, 0.25) is 0 Å². The fourth-order valence-electron chi connectivity index (χ4n) is 2.04. The van der Waals surface area contributed by atoms with Crippen LogP contribution < -0.4 is 5.32 Å². The third-order valence-electron chi connectivity index (χ3n) is 3.18. The summed E-state index contributed by atoms with van der Waals surface area (Å²) in [4.78, 5) is 4.52. The number of nitrogens with one attached hydrogen (secondary N) is 1. The van der Waals surface area contributed by atoms with Gasteiger partial charge in [0.2, 0.25) is 5.13 Å². The standard InChI is InChI=1S/C12H20ClN3S/c1-12(2,3)10-15-11(17-16-10)14-7-8-5-4-6-9(8)13/h8-9H,4-7H2,1-3H3,(H,14,15,16). The van der Waals surface area contributed by atoms with Crippen molar-refractivity contribution >= 4 is 28.3 Å². The molecule has 0 spiro atoms. The van der Waals surface area contributed by atoms with Gasteiger partial charge < -0.3 is 5.32 Å². The van der Waals surface area contributed by atoms with Crippen LogP contribution in [0.25, 0.3) is 0 Å². The van der Waals surface area contributed by atoms with Crippen LogP contribution in [0, 0.1) is 5.92 Å². The van der Waals surface area contributed by atoms with E-state index >= 15 is 0 Å². The van der Waals surface area contributed by atoms with Gasteiger partial charge in [0.15, 0.2) is 0 Å². The SMILES string of the molecule is CC(C)(C)c1nsc(NCC2CCCC2Cl)n1. The minimum absolute atomic E-state index is 0.0266. The lowest BCUT2D eigenvalue weighted by Gasteiger charge is -2.14. The second-order valence-electron chi connectivity index (χ2n) is 5.76. The highest BCUT2D eigenvalue weighted by Crippen LogP contribution is 2.30. The van der Waals surface area contributed by atoms with E-state index in [2.05, 4.69) is 35.4 Å². The second kappa shape index (κ2) is 5.11. The summed E-state index contributed by atoms with van der Waals surface area (Å²) in [5.74, 6) is 1.50. The molecule has 2 atom stereocenters. The van der Waals surface area contributed by atoms with Gasteiger partial charge in [0.1, 0.15) is 5.82 Å². The van der Waals surface area contributed by atoms with Gasteiger partial charge in [-0.05, 0) is 18.8 Å². The smallest absolute Gasteiger partial charge is 0.202 e. The molecule has 5 heteroatoms. The van der Waals surface area contributed by atoms with Gasteiger partial charge in [0.05, 0.1) is 0 Å². The van der Waals surface area contributed by atoms with E-state index in [9.17, 15) is 0 Å². The fraction of sp³-hybridized carbons (Fsp3) is 0.833. The summed E-state index contributed by atoms with van der Waals surface area (Å²) in [7, 11) is 0. The summed E-state index contributed by atoms with van der Waals surface area (Å²) < 4.78 is 4.39. The molecule has 1 heterocycles. The van der Waals surface area contributed by atoms with Crippen LogP contribution in [0.5, 0.6) is 0 Å². The minimum atomic E-state index is 0.0266. The first-order valence-corrected chi connectivity index (χ1v) is 7.40. The Morgan fingerprint density at radius 1 is 1.41 bits per heavy atom. The zero-order chi connectivity index (χ0) is 12.5. The molecule has 0 amide bonds. The number of anilines is 1. The first kappa shape index (κ1) is 13.1. The van der Waals surface area contributed by atoms with Gasteiger partial charge in [-0.3, -0.25) is 0 Å². The number of rotatable bonds is 3. The third kappa shape index (κ3) is 3.32. The van der Waals surface area contributed by atoms with E-state index in [4.69, 9.17) is 11.6 Å². The Morgan fingerprint density at radius 2 is 2.18 bits per heavy atom. The summed E-state index contributed by atoms with van der Waals surface area (Å²) in [6.07, 6.45) is 3.63. The number of halogens is 1. The van der Waals surface area contributed by atoms with Gasteiger partial charge in [-0.15, -0.1) is 11.6 Å². The Labute approximate surface area is 112 Å². The molecule has 0 saturated heterocycles. The van der Waals surface area contributed by atoms with Gasteiger partial charge in [-0.2, -0.15) is 4.37 Å². The number of hydrogen-bond donors (Lipinski definition) is 1. The average molecular weight is 274 g/mol. The van der Waals surface area contributed by atoms with Crippen molar-refractivity contribution < 1.29 is 0 Å². The van der Waals surface area contributed by atoms with Crippen LogP contribution in [0.1, 0.15) is 45.9 Å². The maximum atomic E-state index is 6.25. The van der Waals surface area contributed by atoms with Crippen molar-refractivity contribution in [2.45, 2.75) is 50.8 Å². The molecule has 0 radical (unpaired) electrons. The summed E-state index contributed by atoms with van der Waals surface area (Å²) in [5.41, 5.74) is 0.0266. The zero-order valence-electron chi connectivity index (χ0n) is 10.7. The quantitative estimate of drug-likeness (QED) is 0.854. The molecular weight excluding hydrogens is 254 g/mol. The minimum Gasteiger partial charge on any atom is -0.360 e. The summed E-state index contributed by atoms with van der Waals surface area (Å²) in [6, 6.07) is 0. The molecule has 1 fully saturated rings. The van der Waals surface area contributed by atoms with Crippen molar-refractivity contribution in [1.82, 2.24) is 9.36 Å². The van der Waals surface area contributed by atoms with Crippen molar-refractivity contribution in [3.05, 3.63) is 5.82 Å². The molecule has 1 saturated carbocycles. The van der Waals surface area contributed by atoms with Crippen molar-refractivity contribution in [2.75, 3.05) is 11.9 Å². The lowest BCUT2D eigenvalue weighted by Crippen LogP contribution is -2.18. The highest BCUT2D eigenvalue weighted by atomic mass is 35.5. The zero-order valence-corrected chi connectivity index (χ0v) is 12.2. The summed E-state index contributed by atoms with van der Waals surface area (Å²) in [6.45, 7) is 7.31. The predicted molar refractivity (Wildman–Crippen MR) is 74.1 cm³/mol. The van der Waals surface area contributed by atoms with Gasteiger partial charge in [-0.1, -0.05) is 27.2 Å². The first-order chi connectivity index (χ1) is 7.97. The van der Waals surface area contributed by atoms with Crippen LogP contribution in [-0.4, -0.2) is 21.3 Å².